The third kappa shape index (κ3) is 4.35. The zero-order valence-corrected chi connectivity index (χ0v) is 14.3. The van der Waals surface area contributed by atoms with Crippen molar-refractivity contribution in [2.75, 3.05) is 5.32 Å². The molecule has 0 saturated carbocycles. The summed E-state index contributed by atoms with van der Waals surface area (Å²) in [6.45, 7) is 10.5. The fourth-order valence-electron chi connectivity index (χ4n) is 2.06. The number of carbonyl (C=O) groups is 2. The minimum Gasteiger partial charge on any atom is -0.444 e. The molecule has 2 aromatic rings. The lowest BCUT2D eigenvalue weighted by molar-refractivity contribution is -0.130. The van der Waals surface area contributed by atoms with Crippen molar-refractivity contribution >= 4 is 28.5 Å². The number of hydrogen-bond acceptors (Lipinski definition) is 4. The summed E-state index contributed by atoms with van der Waals surface area (Å²) in [6.07, 6.45) is -0.619. The second-order valence-electron chi connectivity index (χ2n) is 6.46. The highest BCUT2D eigenvalue weighted by molar-refractivity contribution is 6.04. The molecule has 0 heterocycles. The molecule has 0 aliphatic rings. The Hall–Kier alpha value is -2.82. The van der Waals surface area contributed by atoms with E-state index in [2.05, 4.69) is 11.9 Å². The molecular formula is C19H21NO4. The van der Waals surface area contributed by atoms with Gasteiger partial charge in [-0.2, -0.15) is 0 Å². The molecule has 24 heavy (non-hydrogen) atoms. The van der Waals surface area contributed by atoms with Gasteiger partial charge in [-0.15, -0.1) is 0 Å². The van der Waals surface area contributed by atoms with Crippen LogP contribution in [0.4, 0.5) is 10.5 Å². The van der Waals surface area contributed by atoms with Gasteiger partial charge in [-0.25, -0.2) is 9.59 Å². The van der Waals surface area contributed by atoms with Gasteiger partial charge in [0.05, 0.1) is 5.69 Å². The summed E-state index contributed by atoms with van der Waals surface area (Å²) in [5.41, 5.74) is 0.0202. The fourth-order valence-corrected chi connectivity index (χ4v) is 2.06. The Balaban J connectivity index is 2.44. The summed E-state index contributed by atoms with van der Waals surface area (Å²) in [7, 11) is 0. The minimum atomic E-state index is -0.636. The highest BCUT2D eigenvalue weighted by Crippen LogP contribution is 2.34. The molecule has 0 spiro atoms. The fraction of sp³-hybridized carbons (Fsp3) is 0.263. The number of hydrogen-bond donors (Lipinski definition) is 1. The van der Waals surface area contributed by atoms with Gasteiger partial charge in [0.25, 0.3) is 0 Å². The second kappa shape index (κ2) is 6.74. The molecule has 0 aliphatic carbocycles. The van der Waals surface area contributed by atoms with Crippen LogP contribution in [-0.2, 0) is 9.53 Å². The zero-order valence-electron chi connectivity index (χ0n) is 14.3. The van der Waals surface area contributed by atoms with Crippen molar-refractivity contribution in [3.8, 4) is 5.75 Å². The topological polar surface area (TPSA) is 64.6 Å². The Morgan fingerprint density at radius 2 is 1.75 bits per heavy atom. The molecule has 0 bridgehead atoms. The van der Waals surface area contributed by atoms with Crippen molar-refractivity contribution in [3.63, 3.8) is 0 Å². The number of ether oxygens (including phenoxy) is 2. The highest BCUT2D eigenvalue weighted by atomic mass is 16.6. The van der Waals surface area contributed by atoms with E-state index >= 15 is 0 Å². The van der Waals surface area contributed by atoms with Crippen LogP contribution in [0.5, 0.6) is 5.75 Å². The number of carbonyl (C=O) groups excluding carboxylic acids is 2. The highest BCUT2D eigenvalue weighted by Gasteiger charge is 2.20. The van der Waals surface area contributed by atoms with E-state index < -0.39 is 17.7 Å². The van der Waals surface area contributed by atoms with Gasteiger partial charge in [-0.3, -0.25) is 5.32 Å². The molecule has 5 nitrogen and oxygen atoms in total. The number of amides is 1. The lowest BCUT2D eigenvalue weighted by Crippen LogP contribution is -2.27. The molecule has 0 atom stereocenters. The normalized spacial score (nSPS) is 11.0. The van der Waals surface area contributed by atoms with E-state index in [0.29, 0.717) is 5.69 Å². The van der Waals surface area contributed by atoms with Gasteiger partial charge < -0.3 is 9.47 Å². The summed E-state index contributed by atoms with van der Waals surface area (Å²) >= 11 is 0. The minimum absolute atomic E-state index is 0.243. The van der Waals surface area contributed by atoms with Crippen LogP contribution in [0, 0.1) is 0 Å². The third-order valence-electron chi connectivity index (χ3n) is 3.07. The molecule has 0 saturated heterocycles. The van der Waals surface area contributed by atoms with Gasteiger partial charge in [-0.1, -0.05) is 36.9 Å². The summed E-state index contributed by atoms with van der Waals surface area (Å²) in [6, 6.07) is 10.9. The first-order valence-electron chi connectivity index (χ1n) is 7.57. The van der Waals surface area contributed by atoms with Crippen LogP contribution < -0.4 is 10.1 Å². The van der Waals surface area contributed by atoms with Crippen LogP contribution in [-0.4, -0.2) is 17.7 Å². The van der Waals surface area contributed by atoms with Crippen LogP contribution in [0.15, 0.2) is 48.6 Å². The summed E-state index contributed by atoms with van der Waals surface area (Å²) in [5, 5.41) is 4.33. The quantitative estimate of drug-likeness (QED) is 0.505. The van der Waals surface area contributed by atoms with E-state index in [1.54, 1.807) is 33.8 Å². The maximum atomic E-state index is 12.2. The first-order valence-corrected chi connectivity index (χ1v) is 7.57. The van der Waals surface area contributed by atoms with E-state index in [1.807, 2.05) is 30.3 Å². The average Bonchev–Trinajstić information content (AvgIpc) is 2.47. The van der Waals surface area contributed by atoms with Crippen molar-refractivity contribution in [1.29, 1.82) is 0 Å². The van der Waals surface area contributed by atoms with Crippen molar-refractivity contribution < 1.29 is 19.1 Å². The molecular weight excluding hydrogens is 306 g/mol. The molecule has 0 fully saturated rings. The molecule has 1 amide bonds. The molecule has 0 unspecified atom stereocenters. The van der Waals surface area contributed by atoms with Crippen molar-refractivity contribution in [3.05, 3.63) is 48.6 Å². The van der Waals surface area contributed by atoms with Gasteiger partial charge in [0.1, 0.15) is 5.60 Å². The van der Waals surface area contributed by atoms with Gasteiger partial charge >= 0.3 is 12.1 Å². The molecule has 2 aromatic carbocycles. The zero-order chi connectivity index (χ0) is 17.9. The number of anilines is 1. The smallest absolute Gasteiger partial charge is 0.412 e. The Labute approximate surface area is 141 Å². The van der Waals surface area contributed by atoms with Crippen molar-refractivity contribution in [1.82, 2.24) is 0 Å². The SMILES string of the molecule is C=C(C)C(=O)Oc1ccc2ccccc2c1NC(=O)OC(C)(C)C. The predicted molar refractivity (Wildman–Crippen MR) is 94.3 cm³/mol. The molecule has 0 aliphatic heterocycles. The first kappa shape index (κ1) is 17.5. The summed E-state index contributed by atoms with van der Waals surface area (Å²) in [4.78, 5) is 24.0. The Morgan fingerprint density at radius 3 is 2.38 bits per heavy atom. The van der Waals surface area contributed by atoms with Crippen LogP contribution in [0.1, 0.15) is 27.7 Å². The van der Waals surface area contributed by atoms with Crippen molar-refractivity contribution in [2.24, 2.45) is 0 Å². The molecule has 2 rings (SSSR count). The number of fused-ring (bicyclic) bond motifs is 1. The van der Waals surface area contributed by atoms with Crippen molar-refractivity contribution in [2.45, 2.75) is 33.3 Å². The molecule has 0 aromatic heterocycles. The number of rotatable bonds is 3. The average molecular weight is 327 g/mol. The van der Waals surface area contributed by atoms with E-state index in [9.17, 15) is 9.59 Å². The van der Waals surface area contributed by atoms with Crippen LogP contribution >= 0.6 is 0 Å². The lowest BCUT2D eigenvalue weighted by atomic mass is 10.1. The number of esters is 1. The molecule has 1 N–H and O–H groups in total. The van der Waals surface area contributed by atoms with E-state index in [-0.39, 0.29) is 11.3 Å². The maximum Gasteiger partial charge on any atom is 0.412 e. The predicted octanol–water partition coefficient (Wildman–Crippen LogP) is 4.67. The summed E-state index contributed by atoms with van der Waals surface area (Å²) in [5.74, 6) is -0.315. The standard InChI is InChI=1S/C19H21NO4/c1-12(2)17(21)23-15-11-10-13-8-6-7-9-14(13)16(15)20-18(22)24-19(3,4)5/h6-11H,1H2,2-5H3,(H,20,22). The molecule has 126 valence electrons. The van der Waals surface area contributed by atoms with Gasteiger partial charge in [0.2, 0.25) is 0 Å². The first-order chi connectivity index (χ1) is 11.2. The lowest BCUT2D eigenvalue weighted by Gasteiger charge is -2.21. The van der Waals surface area contributed by atoms with Crippen LogP contribution in [0.25, 0.3) is 10.8 Å². The molecule has 0 radical (unpaired) electrons. The van der Waals surface area contributed by atoms with Gasteiger partial charge in [0, 0.05) is 11.0 Å². The Bertz CT molecular complexity index is 803. The second-order valence-corrected chi connectivity index (χ2v) is 6.46. The van der Waals surface area contributed by atoms with Crippen LogP contribution in [0.3, 0.4) is 0 Å². The number of benzene rings is 2. The summed E-state index contributed by atoms with van der Waals surface area (Å²) < 4.78 is 10.6. The maximum absolute atomic E-state index is 12.2. The number of nitrogens with one attached hydrogen (secondary N) is 1. The monoisotopic (exact) mass is 327 g/mol. The van der Waals surface area contributed by atoms with Gasteiger partial charge in [0.15, 0.2) is 5.75 Å². The Kier molecular flexibility index (Phi) is 4.93. The third-order valence-corrected chi connectivity index (χ3v) is 3.07. The van der Waals surface area contributed by atoms with Gasteiger partial charge in [-0.05, 0) is 39.1 Å². The molecule has 5 heteroatoms. The van der Waals surface area contributed by atoms with E-state index in [1.165, 1.54) is 0 Å². The van der Waals surface area contributed by atoms with E-state index in [4.69, 9.17) is 9.47 Å². The van der Waals surface area contributed by atoms with Crippen LogP contribution in [0.2, 0.25) is 0 Å². The largest absolute Gasteiger partial charge is 0.444 e. The van der Waals surface area contributed by atoms with E-state index in [0.717, 1.165) is 10.8 Å². The Morgan fingerprint density at radius 1 is 1.08 bits per heavy atom.